The van der Waals surface area contributed by atoms with E-state index in [0.29, 0.717) is 18.7 Å². The lowest BCUT2D eigenvalue weighted by atomic mass is 10.1. The monoisotopic (exact) mass is 424 g/mol. The Balaban J connectivity index is 1.83. The van der Waals surface area contributed by atoms with Gasteiger partial charge in [0.1, 0.15) is 0 Å². The summed E-state index contributed by atoms with van der Waals surface area (Å²) in [4.78, 5) is 11.5. The number of urea groups is 1. The number of thiocarbonyl (C=S) groups is 1. The number of carbonyl (C=O) groups excluding carboxylic acids is 1. The lowest BCUT2D eigenvalue weighted by Gasteiger charge is -2.13. The highest BCUT2D eigenvalue weighted by Crippen LogP contribution is 2.30. The Kier molecular flexibility index (Phi) is 7.83. The van der Waals surface area contributed by atoms with Crippen molar-refractivity contribution in [3.05, 3.63) is 59.7 Å². The van der Waals surface area contributed by atoms with Crippen LogP contribution in [0.1, 0.15) is 25.0 Å². The number of carbonyl (C=O) groups is 1. The summed E-state index contributed by atoms with van der Waals surface area (Å²) < 4.78 is 38.3. The van der Waals surface area contributed by atoms with E-state index in [1.165, 1.54) is 12.1 Å². The van der Waals surface area contributed by atoms with E-state index in [0.717, 1.165) is 17.7 Å². The number of alkyl halides is 3. The molecular weight excluding hydrogens is 401 g/mol. The van der Waals surface area contributed by atoms with E-state index < -0.39 is 11.7 Å². The van der Waals surface area contributed by atoms with Crippen molar-refractivity contribution >= 4 is 34.7 Å². The Bertz CT molecular complexity index is 838. The van der Waals surface area contributed by atoms with Crippen molar-refractivity contribution in [3.63, 3.8) is 0 Å². The van der Waals surface area contributed by atoms with Gasteiger partial charge in [-0.1, -0.05) is 18.2 Å². The summed E-state index contributed by atoms with van der Waals surface area (Å²) in [5, 5.41) is 11.4. The molecule has 4 N–H and O–H groups in total. The van der Waals surface area contributed by atoms with Crippen molar-refractivity contribution < 1.29 is 18.0 Å². The van der Waals surface area contributed by atoms with Gasteiger partial charge in [-0.05, 0) is 68.4 Å². The lowest BCUT2D eigenvalue weighted by molar-refractivity contribution is -0.137. The quantitative estimate of drug-likeness (QED) is 0.505. The van der Waals surface area contributed by atoms with Crippen LogP contribution in [-0.2, 0) is 12.6 Å². The first-order valence-electron chi connectivity index (χ1n) is 9.02. The van der Waals surface area contributed by atoms with E-state index >= 15 is 0 Å². The maximum absolute atomic E-state index is 12.8. The van der Waals surface area contributed by atoms with Crippen LogP contribution < -0.4 is 21.3 Å². The minimum atomic E-state index is -4.41. The smallest absolute Gasteiger partial charge is 0.338 e. The average Bonchev–Trinajstić information content (AvgIpc) is 2.62. The predicted molar refractivity (Wildman–Crippen MR) is 113 cm³/mol. The Morgan fingerprint density at radius 1 is 1.03 bits per heavy atom. The number of rotatable bonds is 6. The van der Waals surface area contributed by atoms with E-state index in [1.54, 1.807) is 0 Å². The first-order chi connectivity index (χ1) is 13.6. The van der Waals surface area contributed by atoms with Crippen molar-refractivity contribution in [2.45, 2.75) is 32.5 Å². The molecular formula is C20H23F3N4OS. The zero-order valence-corrected chi connectivity index (χ0v) is 16.9. The summed E-state index contributed by atoms with van der Waals surface area (Å²) in [6.45, 7) is 4.27. The van der Waals surface area contributed by atoms with Crippen LogP contribution in [0.5, 0.6) is 0 Å². The minimum Gasteiger partial charge on any atom is -0.338 e. The van der Waals surface area contributed by atoms with Crippen molar-refractivity contribution in [1.29, 1.82) is 0 Å². The zero-order valence-electron chi connectivity index (χ0n) is 16.1. The fourth-order valence-electron chi connectivity index (χ4n) is 2.46. The molecule has 2 aromatic rings. The number of benzene rings is 2. The normalized spacial score (nSPS) is 11.1. The van der Waals surface area contributed by atoms with Gasteiger partial charge >= 0.3 is 12.2 Å². The maximum Gasteiger partial charge on any atom is 0.416 e. The zero-order chi connectivity index (χ0) is 21.4. The number of nitrogens with one attached hydrogen (secondary N) is 4. The van der Waals surface area contributed by atoms with Crippen molar-refractivity contribution in [3.8, 4) is 0 Å². The van der Waals surface area contributed by atoms with Crippen LogP contribution in [0.4, 0.5) is 29.3 Å². The Hall–Kier alpha value is -2.81. The van der Waals surface area contributed by atoms with Gasteiger partial charge in [-0.2, -0.15) is 13.2 Å². The van der Waals surface area contributed by atoms with Gasteiger partial charge in [0, 0.05) is 24.0 Å². The second kappa shape index (κ2) is 10.1. The van der Waals surface area contributed by atoms with Crippen molar-refractivity contribution in [2.24, 2.45) is 0 Å². The second-order valence-corrected chi connectivity index (χ2v) is 7.07. The van der Waals surface area contributed by atoms with Crippen LogP contribution >= 0.6 is 12.2 Å². The van der Waals surface area contributed by atoms with E-state index in [4.69, 9.17) is 12.2 Å². The molecule has 0 aliphatic rings. The molecule has 0 unspecified atom stereocenters. The van der Waals surface area contributed by atoms with Crippen LogP contribution in [0.3, 0.4) is 0 Å². The minimum absolute atomic E-state index is 0.0775. The fraction of sp³-hybridized carbons (Fsp3) is 0.300. The SMILES string of the molecule is CC(C)NC(=O)NCCc1ccc(NC(=S)Nc2cccc(C(F)(F)F)c2)cc1. The molecule has 0 radical (unpaired) electrons. The highest BCUT2D eigenvalue weighted by Gasteiger charge is 2.30. The summed E-state index contributed by atoms with van der Waals surface area (Å²) in [6.07, 6.45) is -3.74. The molecule has 0 bridgehead atoms. The summed E-state index contributed by atoms with van der Waals surface area (Å²) in [5.41, 5.74) is 1.23. The first-order valence-corrected chi connectivity index (χ1v) is 9.43. The number of anilines is 2. The molecule has 0 heterocycles. The molecule has 2 amide bonds. The topological polar surface area (TPSA) is 65.2 Å². The number of halogens is 3. The van der Waals surface area contributed by atoms with E-state index in [9.17, 15) is 18.0 Å². The molecule has 5 nitrogen and oxygen atoms in total. The Morgan fingerprint density at radius 3 is 2.31 bits per heavy atom. The molecule has 0 fully saturated rings. The first kappa shape index (κ1) is 22.5. The molecule has 0 saturated heterocycles. The molecule has 9 heteroatoms. The average molecular weight is 424 g/mol. The largest absolute Gasteiger partial charge is 0.416 e. The maximum atomic E-state index is 12.8. The molecule has 156 valence electrons. The second-order valence-electron chi connectivity index (χ2n) is 6.66. The van der Waals surface area contributed by atoms with Gasteiger partial charge < -0.3 is 21.3 Å². The molecule has 0 aliphatic heterocycles. The number of amides is 2. The van der Waals surface area contributed by atoms with Gasteiger partial charge in [0.05, 0.1) is 5.56 Å². The van der Waals surface area contributed by atoms with E-state index in [2.05, 4.69) is 21.3 Å². The highest BCUT2D eigenvalue weighted by atomic mass is 32.1. The van der Waals surface area contributed by atoms with Crippen LogP contribution in [0.15, 0.2) is 48.5 Å². The third-order valence-electron chi connectivity index (χ3n) is 3.78. The van der Waals surface area contributed by atoms with Crippen LogP contribution in [0, 0.1) is 0 Å². The summed E-state index contributed by atoms with van der Waals surface area (Å²) in [7, 11) is 0. The van der Waals surface area contributed by atoms with Gasteiger partial charge in [0.15, 0.2) is 5.11 Å². The number of hydrogen-bond donors (Lipinski definition) is 4. The third kappa shape index (κ3) is 7.98. The number of hydrogen-bond acceptors (Lipinski definition) is 2. The molecule has 0 aliphatic carbocycles. The third-order valence-corrected chi connectivity index (χ3v) is 3.98. The van der Waals surface area contributed by atoms with Crippen LogP contribution in [0.25, 0.3) is 0 Å². The molecule has 2 rings (SSSR count). The predicted octanol–water partition coefficient (Wildman–Crippen LogP) is 4.76. The van der Waals surface area contributed by atoms with Gasteiger partial charge in [-0.15, -0.1) is 0 Å². The Morgan fingerprint density at radius 2 is 1.69 bits per heavy atom. The van der Waals surface area contributed by atoms with Crippen molar-refractivity contribution in [1.82, 2.24) is 10.6 Å². The Labute approximate surface area is 173 Å². The standard InChI is InChI=1S/C20H23F3N4OS/c1-13(2)25-18(28)24-11-10-14-6-8-16(9-7-14)26-19(29)27-17-5-3-4-15(12-17)20(21,22)23/h3-9,12-13H,10-11H2,1-2H3,(H2,24,25,28)(H2,26,27,29). The molecule has 0 spiro atoms. The van der Waals surface area contributed by atoms with Gasteiger partial charge in [0.25, 0.3) is 0 Å². The van der Waals surface area contributed by atoms with Crippen LogP contribution in [0.2, 0.25) is 0 Å². The fourth-order valence-corrected chi connectivity index (χ4v) is 2.69. The van der Waals surface area contributed by atoms with Gasteiger partial charge in [0.2, 0.25) is 0 Å². The molecule has 29 heavy (non-hydrogen) atoms. The van der Waals surface area contributed by atoms with Crippen molar-refractivity contribution in [2.75, 3.05) is 17.2 Å². The molecule has 0 aromatic heterocycles. The highest BCUT2D eigenvalue weighted by molar-refractivity contribution is 7.80. The summed E-state index contributed by atoms with van der Waals surface area (Å²) in [6, 6.07) is 12.1. The summed E-state index contributed by atoms with van der Waals surface area (Å²) >= 11 is 5.16. The van der Waals surface area contributed by atoms with Gasteiger partial charge in [-0.3, -0.25) is 0 Å². The van der Waals surface area contributed by atoms with Gasteiger partial charge in [-0.25, -0.2) is 4.79 Å². The van der Waals surface area contributed by atoms with E-state index in [-0.39, 0.29) is 22.9 Å². The molecule has 0 atom stereocenters. The summed E-state index contributed by atoms with van der Waals surface area (Å²) in [5.74, 6) is 0. The van der Waals surface area contributed by atoms with Crippen LogP contribution in [-0.4, -0.2) is 23.7 Å². The lowest BCUT2D eigenvalue weighted by Crippen LogP contribution is -2.40. The van der Waals surface area contributed by atoms with E-state index in [1.807, 2.05) is 38.1 Å². The molecule has 0 saturated carbocycles. The molecule has 2 aromatic carbocycles.